The van der Waals surface area contributed by atoms with Gasteiger partial charge < -0.3 is 9.84 Å². The number of carboxylic acid groups (broad SMARTS) is 1. The van der Waals surface area contributed by atoms with Crippen LogP contribution < -0.4 is 5.32 Å². The van der Waals surface area contributed by atoms with Crippen molar-refractivity contribution in [2.45, 2.75) is 77.0 Å². The molecule has 0 aromatic heterocycles. The van der Waals surface area contributed by atoms with Crippen LogP contribution in [-0.2, 0) is 14.3 Å². The number of esters is 1. The van der Waals surface area contributed by atoms with E-state index in [1.54, 1.807) is 6.92 Å². The Morgan fingerprint density at radius 1 is 1.21 bits per heavy atom. The molecule has 5 nitrogen and oxygen atoms in total. The summed E-state index contributed by atoms with van der Waals surface area (Å²) in [7, 11) is 0. The molecule has 1 rings (SSSR count). The van der Waals surface area contributed by atoms with Gasteiger partial charge in [0, 0.05) is 0 Å². The van der Waals surface area contributed by atoms with Crippen LogP contribution in [0.5, 0.6) is 0 Å². The zero-order chi connectivity index (χ0) is 14.7. The maximum Gasteiger partial charge on any atom is 0.326 e. The lowest BCUT2D eigenvalue weighted by Crippen LogP contribution is -2.59. The lowest BCUT2D eigenvalue weighted by molar-refractivity contribution is -0.165. The Morgan fingerprint density at radius 2 is 1.74 bits per heavy atom. The average Bonchev–Trinajstić information content (AvgIpc) is 2.27. The number of hydrogen-bond acceptors (Lipinski definition) is 4. The summed E-state index contributed by atoms with van der Waals surface area (Å²) in [6.45, 7) is 7.02. The third-order valence-corrected chi connectivity index (χ3v) is 3.36. The molecule has 2 N–H and O–H groups in total. The summed E-state index contributed by atoms with van der Waals surface area (Å²) in [5, 5.41) is 12.0. The molecule has 0 heterocycles. The van der Waals surface area contributed by atoms with E-state index in [1.165, 1.54) is 0 Å². The summed E-state index contributed by atoms with van der Waals surface area (Å²) in [6, 6.07) is -0.759. The van der Waals surface area contributed by atoms with Gasteiger partial charge in [0.2, 0.25) is 0 Å². The van der Waals surface area contributed by atoms with Gasteiger partial charge in [0.05, 0.1) is 0 Å². The van der Waals surface area contributed by atoms with Crippen molar-refractivity contribution in [1.29, 1.82) is 0 Å². The van der Waals surface area contributed by atoms with Gasteiger partial charge in [-0.15, -0.1) is 0 Å². The van der Waals surface area contributed by atoms with Gasteiger partial charge in [0.1, 0.15) is 17.2 Å². The van der Waals surface area contributed by atoms with Crippen LogP contribution in [0.25, 0.3) is 0 Å². The zero-order valence-electron chi connectivity index (χ0n) is 12.3. The fourth-order valence-electron chi connectivity index (χ4n) is 2.41. The summed E-state index contributed by atoms with van der Waals surface area (Å²) in [6.07, 6.45) is 4.18. The third-order valence-electron chi connectivity index (χ3n) is 3.36. The standard InChI is InChI=1S/C14H25NO4/c1-10(11(16)17)15-14(8-6-5-7-9-14)12(18)19-13(2,3)4/h10,15H,5-9H2,1-4H3,(H,16,17). The molecule has 0 radical (unpaired) electrons. The predicted octanol–water partition coefficient (Wildman–Crippen LogP) is 2.09. The first-order valence-corrected chi connectivity index (χ1v) is 6.90. The molecule has 1 saturated carbocycles. The van der Waals surface area contributed by atoms with E-state index in [2.05, 4.69) is 5.32 Å². The van der Waals surface area contributed by atoms with Crippen molar-refractivity contribution in [2.75, 3.05) is 0 Å². The number of aliphatic carboxylic acids is 1. The second kappa shape index (κ2) is 5.90. The Kier molecular flexibility index (Phi) is 4.96. The van der Waals surface area contributed by atoms with Crippen molar-refractivity contribution in [3.8, 4) is 0 Å². The lowest BCUT2D eigenvalue weighted by Gasteiger charge is -2.39. The Morgan fingerprint density at radius 3 is 2.16 bits per heavy atom. The Hall–Kier alpha value is -1.10. The van der Waals surface area contributed by atoms with Gasteiger partial charge in [-0.3, -0.25) is 14.9 Å². The highest BCUT2D eigenvalue weighted by atomic mass is 16.6. The van der Waals surface area contributed by atoms with Gasteiger partial charge in [0.25, 0.3) is 0 Å². The highest BCUT2D eigenvalue weighted by molar-refractivity contribution is 5.83. The van der Waals surface area contributed by atoms with Gasteiger partial charge in [-0.05, 0) is 40.5 Å². The zero-order valence-corrected chi connectivity index (χ0v) is 12.3. The summed E-state index contributed by atoms with van der Waals surface area (Å²) < 4.78 is 5.47. The van der Waals surface area contributed by atoms with Crippen LogP contribution in [0.2, 0.25) is 0 Å². The molecule has 0 amide bonds. The molecule has 1 aliphatic carbocycles. The molecule has 0 aromatic rings. The molecule has 0 spiro atoms. The van der Waals surface area contributed by atoms with Crippen LogP contribution in [0.4, 0.5) is 0 Å². The molecule has 19 heavy (non-hydrogen) atoms. The fraction of sp³-hybridized carbons (Fsp3) is 0.857. The molecule has 1 atom stereocenters. The molecule has 0 bridgehead atoms. The van der Waals surface area contributed by atoms with Crippen LogP contribution in [-0.4, -0.2) is 34.2 Å². The number of carboxylic acids is 1. The molecule has 1 fully saturated rings. The van der Waals surface area contributed by atoms with Crippen molar-refractivity contribution in [1.82, 2.24) is 5.32 Å². The molecular weight excluding hydrogens is 246 g/mol. The minimum Gasteiger partial charge on any atom is -0.480 e. The van der Waals surface area contributed by atoms with Gasteiger partial charge in [-0.1, -0.05) is 19.3 Å². The Labute approximate surface area is 114 Å². The van der Waals surface area contributed by atoms with Gasteiger partial charge >= 0.3 is 11.9 Å². The van der Waals surface area contributed by atoms with E-state index in [0.29, 0.717) is 12.8 Å². The number of carbonyl (C=O) groups is 2. The quantitative estimate of drug-likeness (QED) is 0.766. The van der Waals surface area contributed by atoms with E-state index in [-0.39, 0.29) is 5.97 Å². The highest BCUT2D eigenvalue weighted by Crippen LogP contribution is 2.31. The predicted molar refractivity (Wildman–Crippen MR) is 71.9 cm³/mol. The topological polar surface area (TPSA) is 75.6 Å². The van der Waals surface area contributed by atoms with Crippen LogP contribution >= 0.6 is 0 Å². The summed E-state index contributed by atoms with van der Waals surface area (Å²) in [4.78, 5) is 23.4. The first-order chi connectivity index (χ1) is 8.66. The molecular formula is C14H25NO4. The summed E-state index contributed by atoms with van der Waals surface area (Å²) >= 11 is 0. The number of rotatable bonds is 4. The number of ether oxygens (including phenoxy) is 1. The van der Waals surface area contributed by atoms with Gasteiger partial charge in [-0.2, -0.15) is 0 Å². The normalized spacial score (nSPS) is 20.6. The lowest BCUT2D eigenvalue weighted by atomic mass is 9.81. The van der Waals surface area contributed by atoms with Crippen molar-refractivity contribution in [2.24, 2.45) is 0 Å². The number of carbonyl (C=O) groups excluding carboxylic acids is 1. The van der Waals surface area contributed by atoms with Crippen LogP contribution in [0, 0.1) is 0 Å². The van der Waals surface area contributed by atoms with Crippen LogP contribution in [0.15, 0.2) is 0 Å². The van der Waals surface area contributed by atoms with E-state index in [9.17, 15) is 9.59 Å². The molecule has 0 saturated heterocycles. The summed E-state index contributed by atoms with van der Waals surface area (Å²) in [5.74, 6) is -1.28. The largest absolute Gasteiger partial charge is 0.480 e. The number of hydrogen-bond donors (Lipinski definition) is 2. The minimum atomic E-state index is -0.950. The van der Waals surface area contributed by atoms with Crippen molar-refractivity contribution in [3.05, 3.63) is 0 Å². The first kappa shape index (κ1) is 16.0. The fourth-order valence-corrected chi connectivity index (χ4v) is 2.41. The van der Waals surface area contributed by atoms with E-state index >= 15 is 0 Å². The molecule has 110 valence electrons. The molecule has 5 heteroatoms. The second-order valence-corrected chi connectivity index (χ2v) is 6.35. The minimum absolute atomic E-state index is 0.326. The van der Waals surface area contributed by atoms with Crippen LogP contribution in [0.3, 0.4) is 0 Å². The van der Waals surface area contributed by atoms with E-state index in [4.69, 9.17) is 9.84 Å². The second-order valence-electron chi connectivity index (χ2n) is 6.35. The monoisotopic (exact) mass is 271 g/mol. The molecule has 1 unspecified atom stereocenters. The van der Waals surface area contributed by atoms with Crippen molar-refractivity contribution < 1.29 is 19.4 Å². The van der Waals surface area contributed by atoms with Crippen molar-refractivity contribution in [3.63, 3.8) is 0 Å². The highest BCUT2D eigenvalue weighted by Gasteiger charge is 2.44. The molecule has 0 aliphatic heterocycles. The maximum absolute atomic E-state index is 12.4. The maximum atomic E-state index is 12.4. The van der Waals surface area contributed by atoms with E-state index in [1.807, 2.05) is 20.8 Å². The summed E-state index contributed by atoms with van der Waals surface area (Å²) in [5.41, 5.74) is -1.40. The van der Waals surface area contributed by atoms with Gasteiger partial charge in [-0.25, -0.2) is 0 Å². The van der Waals surface area contributed by atoms with Crippen LogP contribution in [0.1, 0.15) is 59.8 Å². The Balaban J connectivity index is 2.86. The third kappa shape index (κ3) is 4.49. The van der Waals surface area contributed by atoms with E-state index < -0.39 is 23.2 Å². The smallest absolute Gasteiger partial charge is 0.326 e. The van der Waals surface area contributed by atoms with Gasteiger partial charge in [0.15, 0.2) is 0 Å². The number of nitrogens with one attached hydrogen (secondary N) is 1. The molecule has 0 aromatic carbocycles. The SMILES string of the molecule is CC(NC1(C(=O)OC(C)(C)C)CCCCC1)C(=O)O. The average molecular weight is 271 g/mol. The Bertz CT molecular complexity index is 340. The van der Waals surface area contributed by atoms with Crippen molar-refractivity contribution >= 4 is 11.9 Å². The van der Waals surface area contributed by atoms with E-state index in [0.717, 1.165) is 19.3 Å². The molecule has 1 aliphatic rings. The first-order valence-electron chi connectivity index (χ1n) is 6.90.